The molecule has 0 aromatic heterocycles. The molecule has 0 fully saturated rings. The Labute approximate surface area is 361 Å². The smallest absolute Gasteiger partial charge is 0.305 e. The molecule has 0 aliphatic heterocycles. The molecular weight excluding hydrogens is 719 g/mol. The molecule has 0 bridgehead atoms. The van der Waals surface area contributed by atoms with Crippen LogP contribution in [0.25, 0.3) is 0 Å². The summed E-state index contributed by atoms with van der Waals surface area (Å²) in [6.45, 7) is 4.89. The lowest BCUT2D eigenvalue weighted by atomic mass is 10.0. The Balaban J connectivity index is 3.50. The maximum absolute atomic E-state index is 12.4. The standard InChI is InChI=1S/C52H99NO5/c1-3-5-7-9-11-13-15-16-18-22-26-30-34-38-42-46-52(57)58-47-43-39-35-31-27-23-20-17-19-21-25-29-33-37-41-45-51(56)53-49(48-54)50(55)44-40-36-32-28-24-14-12-10-8-6-4-2/h17,20,23,27,49-50,54-55H,3-16,18-19,21-22,24-26,28-48H2,1-2H3,(H,53,56)/b20-17-,27-23-. The van der Waals surface area contributed by atoms with E-state index in [1.165, 1.54) is 161 Å². The van der Waals surface area contributed by atoms with Crippen molar-refractivity contribution in [1.29, 1.82) is 0 Å². The van der Waals surface area contributed by atoms with Crippen LogP contribution in [0.3, 0.4) is 0 Å². The van der Waals surface area contributed by atoms with Gasteiger partial charge in [0.15, 0.2) is 0 Å². The molecule has 0 saturated heterocycles. The lowest BCUT2D eigenvalue weighted by Gasteiger charge is -2.22. The summed E-state index contributed by atoms with van der Waals surface area (Å²) in [5.74, 6) is -0.0778. The fourth-order valence-electron chi connectivity index (χ4n) is 7.81. The number of hydrogen-bond acceptors (Lipinski definition) is 5. The maximum Gasteiger partial charge on any atom is 0.305 e. The van der Waals surface area contributed by atoms with Crippen LogP contribution in [-0.4, -0.2) is 47.4 Å². The Morgan fingerprint density at radius 3 is 1.28 bits per heavy atom. The van der Waals surface area contributed by atoms with E-state index in [9.17, 15) is 19.8 Å². The summed E-state index contributed by atoms with van der Waals surface area (Å²) in [5.41, 5.74) is 0. The number of aliphatic hydroxyl groups excluding tert-OH is 2. The minimum absolute atomic E-state index is 0.0192. The van der Waals surface area contributed by atoms with E-state index in [1.807, 2.05) is 0 Å². The monoisotopic (exact) mass is 818 g/mol. The van der Waals surface area contributed by atoms with Crippen molar-refractivity contribution in [3.63, 3.8) is 0 Å². The first-order valence-electron chi connectivity index (χ1n) is 25.6. The van der Waals surface area contributed by atoms with Crippen LogP contribution in [0.1, 0.15) is 271 Å². The number of unbranched alkanes of at least 4 members (excludes halogenated alkanes) is 33. The van der Waals surface area contributed by atoms with Crippen molar-refractivity contribution in [3.8, 4) is 0 Å². The van der Waals surface area contributed by atoms with Gasteiger partial charge in [0.2, 0.25) is 5.91 Å². The lowest BCUT2D eigenvalue weighted by Crippen LogP contribution is -2.45. The molecule has 0 radical (unpaired) electrons. The lowest BCUT2D eigenvalue weighted by molar-refractivity contribution is -0.143. The largest absolute Gasteiger partial charge is 0.466 e. The fourth-order valence-corrected chi connectivity index (χ4v) is 7.81. The van der Waals surface area contributed by atoms with Crippen molar-refractivity contribution < 1.29 is 24.5 Å². The fraction of sp³-hybridized carbons (Fsp3) is 0.885. The maximum atomic E-state index is 12.4. The molecule has 3 N–H and O–H groups in total. The highest BCUT2D eigenvalue weighted by atomic mass is 16.5. The van der Waals surface area contributed by atoms with Gasteiger partial charge in [0.05, 0.1) is 25.4 Å². The summed E-state index contributed by atoms with van der Waals surface area (Å²) in [6.07, 6.45) is 55.8. The number of carbonyl (C=O) groups excluding carboxylic acids is 2. The third-order valence-electron chi connectivity index (χ3n) is 11.8. The first-order valence-corrected chi connectivity index (χ1v) is 25.6. The number of allylic oxidation sites excluding steroid dienone is 4. The quantitative estimate of drug-likeness (QED) is 0.0323. The highest BCUT2D eigenvalue weighted by molar-refractivity contribution is 5.76. The first-order chi connectivity index (χ1) is 28.5. The average Bonchev–Trinajstić information content (AvgIpc) is 3.22. The molecule has 2 unspecified atom stereocenters. The van der Waals surface area contributed by atoms with Gasteiger partial charge < -0.3 is 20.3 Å². The van der Waals surface area contributed by atoms with Crippen LogP contribution in [0.2, 0.25) is 0 Å². The molecule has 0 aliphatic carbocycles. The molecule has 2 atom stereocenters. The highest BCUT2D eigenvalue weighted by Crippen LogP contribution is 2.16. The SMILES string of the molecule is CCCCCCCCCCCCCCCCCC(=O)OCCCCC/C=C\C=C/CCCCCCCCC(=O)NC(CO)C(O)CCCCCCCCCCCCC. The second-order valence-corrected chi connectivity index (χ2v) is 17.5. The Hall–Kier alpha value is -1.66. The van der Waals surface area contributed by atoms with E-state index >= 15 is 0 Å². The number of carbonyl (C=O) groups is 2. The van der Waals surface area contributed by atoms with E-state index in [0.717, 1.165) is 77.0 Å². The summed E-state index contributed by atoms with van der Waals surface area (Å²) < 4.78 is 5.44. The van der Waals surface area contributed by atoms with Gasteiger partial charge in [0.1, 0.15) is 0 Å². The van der Waals surface area contributed by atoms with Crippen molar-refractivity contribution >= 4 is 11.9 Å². The van der Waals surface area contributed by atoms with Crippen molar-refractivity contribution in [2.45, 2.75) is 283 Å². The van der Waals surface area contributed by atoms with Crippen LogP contribution in [0.15, 0.2) is 24.3 Å². The van der Waals surface area contributed by atoms with Crippen molar-refractivity contribution in [2.75, 3.05) is 13.2 Å². The number of rotatable bonds is 47. The second kappa shape index (κ2) is 48.0. The number of ether oxygens (including phenoxy) is 1. The Morgan fingerprint density at radius 1 is 0.483 bits per heavy atom. The predicted octanol–water partition coefficient (Wildman–Crippen LogP) is 15.1. The average molecular weight is 818 g/mol. The van der Waals surface area contributed by atoms with Crippen LogP contribution >= 0.6 is 0 Å². The first kappa shape index (κ1) is 56.3. The molecule has 6 nitrogen and oxygen atoms in total. The molecule has 0 saturated carbocycles. The topological polar surface area (TPSA) is 95.9 Å². The second-order valence-electron chi connectivity index (χ2n) is 17.5. The molecule has 1 amide bonds. The summed E-state index contributed by atoms with van der Waals surface area (Å²) in [4.78, 5) is 24.4. The summed E-state index contributed by atoms with van der Waals surface area (Å²) in [5, 5.41) is 23.1. The third-order valence-corrected chi connectivity index (χ3v) is 11.8. The van der Waals surface area contributed by atoms with Gasteiger partial charge in [0, 0.05) is 12.8 Å². The Bertz CT molecular complexity index is 904. The minimum Gasteiger partial charge on any atom is -0.466 e. The van der Waals surface area contributed by atoms with E-state index in [2.05, 4.69) is 43.5 Å². The molecule has 0 aromatic carbocycles. The third kappa shape index (κ3) is 43.9. The highest BCUT2D eigenvalue weighted by Gasteiger charge is 2.20. The van der Waals surface area contributed by atoms with Crippen LogP contribution < -0.4 is 5.32 Å². The van der Waals surface area contributed by atoms with Gasteiger partial charge in [-0.2, -0.15) is 0 Å². The minimum atomic E-state index is -0.676. The molecule has 6 heteroatoms. The van der Waals surface area contributed by atoms with Crippen molar-refractivity contribution in [3.05, 3.63) is 24.3 Å². The summed E-state index contributed by atoms with van der Waals surface area (Å²) in [6, 6.07) is -0.556. The van der Waals surface area contributed by atoms with E-state index in [4.69, 9.17) is 4.74 Å². The molecule has 0 spiro atoms. The number of esters is 1. The molecule has 0 aliphatic rings. The molecule has 58 heavy (non-hydrogen) atoms. The molecular formula is C52H99NO5. The normalized spacial score (nSPS) is 12.8. The van der Waals surface area contributed by atoms with Gasteiger partial charge >= 0.3 is 5.97 Å². The Kier molecular flexibility index (Phi) is 46.6. The number of amides is 1. The van der Waals surface area contributed by atoms with Gasteiger partial charge in [-0.15, -0.1) is 0 Å². The summed E-state index contributed by atoms with van der Waals surface area (Å²) in [7, 11) is 0. The van der Waals surface area contributed by atoms with Gasteiger partial charge in [0.25, 0.3) is 0 Å². The molecule has 0 heterocycles. The zero-order chi connectivity index (χ0) is 42.3. The van der Waals surface area contributed by atoms with Crippen LogP contribution in [0, 0.1) is 0 Å². The molecule has 0 aromatic rings. The Morgan fingerprint density at radius 2 is 0.845 bits per heavy atom. The van der Waals surface area contributed by atoms with Crippen LogP contribution in [0.5, 0.6) is 0 Å². The van der Waals surface area contributed by atoms with Gasteiger partial charge in [-0.05, 0) is 57.8 Å². The van der Waals surface area contributed by atoms with E-state index in [1.54, 1.807) is 0 Å². The van der Waals surface area contributed by atoms with Gasteiger partial charge in [-0.3, -0.25) is 9.59 Å². The van der Waals surface area contributed by atoms with Crippen LogP contribution in [0.4, 0.5) is 0 Å². The van der Waals surface area contributed by atoms with E-state index in [0.29, 0.717) is 25.9 Å². The van der Waals surface area contributed by atoms with Crippen LogP contribution in [-0.2, 0) is 14.3 Å². The zero-order valence-electron chi connectivity index (χ0n) is 38.8. The van der Waals surface area contributed by atoms with E-state index < -0.39 is 12.1 Å². The molecule has 342 valence electrons. The number of hydrogen-bond donors (Lipinski definition) is 3. The van der Waals surface area contributed by atoms with Crippen molar-refractivity contribution in [2.24, 2.45) is 0 Å². The van der Waals surface area contributed by atoms with E-state index in [-0.39, 0.29) is 18.5 Å². The van der Waals surface area contributed by atoms with Gasteiger partial charge in [-0.1, -0.05) is 224 Å². The predicted molar refractivity (Wildman–Crippen MR) is 250 cm³/mol. The van der Waals surface area contributed by atoms with Crippen molar-refractivity contribution in [1.82, 2.24) is 5.32 Å². The van der Waals surface area contributed by atoms with Gasteiger partial charge in [-0.25, -0.2) is 0 Å². The molecule has 0 rings (SSSR count). The number of aliphatic hydroxyl groups is 2. The number of nitrogens with one attached hydrogen (secondary N) is 1. The zero-order valence-corrected chi connectivity index (χ0v) is 38.8. The summed E-state index contributed by atoms with van der Waals surface area (Å²) >= 11 is 0.